The van der Waals surface area contributed by atoms with E-state index in [4.69, 9.17) is 5.73 Å². The highest BCUT2D eigenvalue weighted by Crippen LogP contribution is 2.41. The van der Waals surface area contributed by atoms with Gasteiger partial charge < -0.3 is 10.6 Å². The minimum absolute atomic E-state index is 0.0369. The van der Waals surface area contributed by atoms with Crippen molar-refractivity contribution >= 4 is 11.8 Å². The molecular weight excluding hydrogens is 244 g/mol. The molecule has 1 aliphatic heterocycles. The van der Waals surface area contributed by atoms with Gasteiger partial charge in [-0.05, 0) is 20.8 Å². The number of amides is 2. The molecule has 0 unspecified atom stereocenters. The van der Waals surface area contributed by atoms with Gasteiger partial charge in [0.1, 0.15) is 0 Å². The molecule has 0 saturated carbocycles. The molecule has 0 aromatic carbocycles. The largest absolute Gasteiger partial charge is 0.369 e. The summed E-state index contributed by atoms with van der Waals surface area (Å²) in [5.41, 5.74) is 5.95. The van der Waals surface area contributed by atoms with Crippen molar-refractivity contribution in [1.29, 1.82) is 0 Å². The van der Waals surface area contributed by atoms with Crippen molar-refractivity contribution in [3.05, 3.63) is 18.0 Å². The number of carbonyl (C=O) groups is 2. The number of nitrogens with two attached hydrogens (primary N) is 1. The third-order valence-corrected chi connectivity index (χ3v) is 3.48. The Morgan fingerprint density at radius 2 is 2.11 bits per heavy atom. The first-order chi connectivity index (χ1) is 8.71. The van der Waals surface area contributed by atoms with Gasteiger partial charge >= 0.3 is 0 Å². The lowest BCUT2D eigenvalue weighted by Gasteiger charge is -2.37. The topological polar surface area (TPSA) is 81.2 Å². The monoisotopic (exact) mass is 264 g/mol. The van der Waals surface area contributed by atoms with Gasteiger partial charge in [-0.25, -0.2) is 0 Å². The van der Waals surface area contributed by atoms with Crippen LogP contribution >= 0.6 is 0 Å². The molecule has 19 heavy (non-hydrogen) atoms. The van der Waals surface area contributed by atoms with Gasteiger partial charge in [-0.1, -0.05) is 0 Å². The summed E-state index contributed by atoms with van der Waals surface area (Å²) in [6.07, 6.45) is 3.70. The second-order valence-corrected chi connectivity index (χ2v) is 6.04. The van der Waals surface area contributed by atoms with Gasteiger partial charge in [-0.3, -0.25) is 14.3 Å². The molecule has 0 aliphatic carbocycles. The zero-order valence-electron chi connectivity index (χ0n) is 11.8. The summed E-state index contributed by atoms with van der Waals surface area (Å²) in [5, 5.41) is 4.12. The van der Waals surface area contributed by atoms with Crippen LogP contribution in [0.25, 0.3) is 0 Å². The maximum Gasteiger partial charge on any atom is 0.224 e. The number of hydrogen-bond donors (Lipinski definition) is 1. The van der Waals surface area contributed by atoms with E-state index >= 15 is 0 Å². The highest BCUT2D eigenvalue weighted by atomic mass is 16.2. The van der Waals surface area contributed by atoms with Crippen molar-refractivity contribution in [1.82, 2.24) is 14.7 Å². The minimum Gasteiger partial charge on any atom is -0.369 e. The number of primary amides is 1. The summed E-state index contributed by atoms with van der Waals surface area (Å²) in [4.78, 5) is 25.6. The average molecular weight is 264 g/mol. The quantitative estimate of drug-likeness (QED) is 0.849. The Balaban J connectivity index is 2.47. The fraction of sp³-hybridized carbons (Fsp3) is 0.615. The van der Waals surface area contributed by atoms with Crippen LogP contribution in [0.5, 0.6) is 0 Å². The number of hydrogen-bond acceptors (Lipinski definition) is 3. The molecular formula is C13H20N4O2. The smallest absolute Gasteiger partial charge is 0.224 e. The summed E-state index contributed by atoms with van der Waals surface area (Å²) >= 11 is 0. The highest BCUT2D eigenvalue weighted by molar-refractivity contribution is 5.90. The zero-order valence-corrected chi connectivity index (χ0v) is 11.8. The van der Waals surface area contributed by atoms with Crippen LogP contribution in [0, 0.1) is 5.92 Å². The van der Waals surface area contributed by atoms with Crippen LogP contribution in [0.2, 0.25) is 0 Å². The molecule has 0 radical (unpaired) electrons. The van der Waals surface area contributed by atoms with E-state index in [1.165, 1.54) is 0 Å². The predicted molar refractivity (Wildman–Crippen MR) is 69.8 cm³/mol. The Morgan fingerprint density at radius 1 is 1.47 bits per heavy atom. The van der Waals surface area contributed by atoms with Gasteiger partial charge in [0, 0.05) is 30.8 Å². The molecule has 6 heteroatoms. The Hall–Kier alpha value is -1.85. The van der Waals surface area contributed by atoms with Crippen molar-refractivity contribution in [3.8, 4) is 0 Å². The van der Waals surface area contributed by atoms with E-state index in [1.807, 2.05) is 27.0 Å². The van der Waals surface area contributed by atoms with Crippen molar-refractivity contribution < 1.29 is 9.59 Å². The van der Waals surface area contributed by atoms with Gasteiger partial charge in [0.05, 0.1) is 18.2 Å². The third kappa shape index (κ3) is 2.34. The molecule has 1 saturated heterocycles. The Labute approximate surface area is 112 Å². The molecule has 1 aromatic rings. The number of aromatic nitrogens is 2. The first kappa shape index (κ1) is 13.6. The van der Waals surface area contributed by atoms with Crippen LogP contribution in [0.3, 0.4) is 0 Å². The van der Waals surface area contributed by atoms with E-state index < -0.39 is 11.8 Å². The van der Waals surface area contributed by atoms with Crippen molar-refractivity contribution in [2.24, 2.45) is 18.7 Å². The molecule has 0 bridgehead atoms. The second-order valence-electron chi connectivity index (χ2n) is 6.04. The van der Waals surface area contributed by atoms with Gasteiger partial charge in [0.2, 0.25) is 11.8 Å². The van der Waals surface area contributed by atoms with Crippen molar-refractivity contribution in [2.75, 3.05) is 0 Å². The van der Waals surface area contributed by atoms with Gasteiger partial charge in [-0.2, -0.15) is 5.10 Å². The maximum atomic E-state index is 12.2. The third-order valence-electron chi connectivity index (χ3n) is 3.48. The van der Waals surface area contributed by atoms with Gasteiger partial charge in [-0.15, -0.1) is 0 Å². The number of nitrogens with zero attached hydrogens (tertiary/aromatic N) is 3. The van der Waals surface area contributed by atoms with Crippen LogP contribution in [-0.4, -0.2) is 32.0 Å². The molecule has 0 spiro atoms. The van der Waals surface area contributed by atoms with E-state index in [1.54, 1.807) is 22.8 Å². The van der Waals surface area contributed by atoms with Crippen LogP contribution < -0.4 is 5.73 Å². The molecule has 1 fully saturated rings. The number of rotatable bonds is 2. The number of likely N-dealkylation sites (tertiary alicyclic amines) is 1. The Morgan fingerprint density at radius 3 is 2.53 bits per heavy atom. The molecule has 2 amide bonds. The fourth-order valence-electron chi connectivity index (χ4n) is 2.75. The molecule has 2 atom stereocenters. The number of carbonyl (C=O) groups excluding carboxylic acids is 2. The summed E-state index contributed by atoms with van der Waals surface area (Å²) in [7, 11) is 1.81. The predicted octanol–water partition coefficient (Wildman–Crippen LogP) is 0.593. The van der Waals surface area contributed by atoms with E-state index in [2.05, 4.69) is 5.10 Å². The van der Waals surface area contributed by atoms with Gasteiger partial charge in [0.25, 0.3) is 0 Å². The van der Waals surface area contributed by atoms with E-state index in [0.29, 0.717) is 0 Å². The van der Waals surface area contributed by atoms with Crippen LogP contribution in [-0.2, 0) is 16.6 Å². The maximum absolute atomic E-state index is 12.2. The summed E-state index contributed by atoms with van der Waals surface area (Å²) in [6.45, 7) is 5.87. The molecule has 104 valence electrons. The van der Waals surface area contributed by atoms with Gasteiger partial charge in [0.15, 0.2) is 0 Å². The lowest BCUT2D eigenvalue weighted by atomic mass is 9.93. The van der Waals surface area contributed by atoms with Crippen molar-refractivity contribution in [2.45, 2.75) is 38.8 Å². The lowest BCUT2D eigenvalue weighted by Crippen LogP contribution is -2.44. The molecule has 6 nitrogen and oxygen atoms in total. The van der Waals surface area contributed by atoms with Crippen LogP contribution in [0.15, 0.2) is 12.4 Å². The van der Waals surface area contributed by atoms with E-state index in [-0.39, 0.29) is 23.9 Å². The van der Waals surface area contributed by atoms with E-state index in [9.17, 15) is 9.59 Å². The SMILES string of the molecule is Cn1cc([C@@H]2[C@H](C(N)=O)CC(=O)N2C(C)(C)C)cn1. The normalized spacial score (nSPS) is 24.0. The highest BCUT2D eigenvalue weighted by Gasteiger charge is 2.48. The van der Waals surface area contributed by atoms with Crippen LogP contribution in [0.4, 0.5) is 0 Å². The summed E-state index contributed by atoms with van der Waals surface area (Å²) < 4.78 is 1.66. The Bertz CT molecular complexity index is 515. The fourth-order valence-corrected chi connectivity index (χ4v) is 2.75. The molecule has 2 rings (SSSR count). The van der Waals surface area contributed by atoms with E-state index in [0.717, 1.165) is 5.56 Å². The lowest BCUT2D eigenvalue weighted by molar-refractivity contribution is -0.133. The summed E-state index contributed by atoms with van der Waals surface area (Å²) in [6, 6.07) is -0.321. The molecule has 2 heterocycles. The van der Waals surface area contributed by atoms with Crippen LogP contribution in [0.1, 0.15) is 38.8 Å². The second kappa shape index (κ2) is 4.36. The molecule has 1 aliphatic rings. The standard InChI is InChI=1S/C13H20N4O2/c1-13(2,3)17-10(18)5-9(12(14)19)11(17)8-6-15-16(4)7-8/h6-7,9,11H,5H2,1-4H3,(H2,14,19)/t9-,11-/m1/s1. The molecule has 1 aromatic heterocycles. The Kier molecular flexibility index (Phi) is 3.12. The first-order valence-corrected chi connectivity index (χ1v) is 6.32. The number of aryl methyl sites for hydroxylation is 1. The molecule has 2 N–H and O–H groups in total. The average Bonchev–Trinajstić information content (AvgIpc) is 2.80. The zero-order chi connectivity index (χ0) is 14.4. The van der Waals surface area contributed by atoms with Crippen molar-refractivity contribution in [3.63, 3.8) is 0 Å². The summed E-state index contributed by atoms with van der Waals surface area (Å²) in [5.74, 6) is -0.963. The first-order valence-electron chi connectivity index (χ1n) is 6.32. The minimum atomic E-state index is -0.490.